The molecule has 0 amide bonds. The largest absolute Gasteiger partial charge is 0.393 e. The van der Waals surface area contributed by atoms with Crippen LogP contribution in [0.2, 0.25) is 0 Å². The molecule has 0 aliphatic heterocycles. The van der Waals surface area contributed by atoms with Gasteiger partial charge in [-0.2, -0.15) is 5.10 Å². The van der Waals surface area contributed by atoms with Crippen LogP contribution in [0.15, 0.2) is 41.6 Å². The topological polar surface area (TPSA) is 101 Å². The molecule has 0 saturated heterocycles. The van der Waals surface area contributed by atoms with Gasteiger partial charge in [0.15, 0.2) is 5.78 Å². The first-order valence-corrected chi connectivity index (χ1v) is 9.54. The molecule has 3 rings (SSSR count). The van der Waals surface area contributed by atoms with E-state index in [-0.39, 0.29) is 22.7 Å². The van der Waals surface area contributed by atoms with Crippen LogP contribution in [0.5, 0.6) is 0 Å². The van der Waals surface area contributed by atoms with Gasteiger partial charge in [-0.3, -0.25) is 9.48 Å². The molecule has 1 aliphatic rings. The fourth-order valence-corrected chi connectivity index (χ4v) is 4.34. The van der Waals surface area contributed by atoms with Gasteiger partial charge in [0.05, 0.1) is 23.2 Å². The molecule has 1 aliphatic carbocycles. The zero-order valence-electron chi connectivity index (χ0n) is 14.1. The smallest absolute Gasteiger partial charge is 0.241 e. The van der Waals surface area contributed by atoms with Gasteiger partial charge in [-0.05, 0) is 37.8 Å². The van der Waals surface area contributed by atoms with Crippen LogP contribution >= 0.6 is 0 Å². The predicted octanol–water partition coefficient (Wildman–Crippen LogP) is 1.41. The number of aliphatic hydroxyl groups excluding tert-OH is 1. The Morgan fingerprint density at radius 3 is 2.44 bits per heavy atom. The molecule has 0 bridgehead atoms. The molecule has 1 atom stereocenters. The van der Waals surface area contributed by atoms with Crippen LogP contribution in [0.4, 0.5) is 0 Å². The number of hydrogen-bond donors (Lipinski definition) is 2. The number of aromatic nitrogens is 2. The molecule has 1 saturated carbocycles. The molecule has 8 heteroatoms. The van der Waals surface area contributed by atoms with E-state index in [4.69, 9.17) is 0 Å². The minimum absolute atomic E-state index is 0.0190. The fourth-order valence-electron chi connectivity index (χ4n) is 3.04. The maximum atomic E-state index is 12.7. The summed E-state index contributed by atoms with van der Waals surface area (Å²) >= 11 is 0. The summed E-state index contributed by atoms with van der Waals surface area (Å²) in [6, 6.07) is 5.41. The summed E-state index contributed by atoms with van der Waals surface area (Å²) in [5, 5.41) is 13.7. The lowest BCUT2D eigenvalue weighted by molar-refractivity contribution is 0.0280. The van der Waals surface area contributed by atoms with Gasteiger partial charge < -0.3 is 5.11 Å². The molecule has 7 nitrogen and oxygen atoms in total. The Balaban J connectivity index is 1.86. The van der Waals surface area contributed by atoms with E-state index in [1.807, 2.05) is 0 Å². The number of carbonyl (C=O) groups is 1. The van der Waals surface area contributed by atoms with E-state index in [1.54, 1.807) is 24.1 Å². The van der Waals surface area contributed by atoms with Gasteiger partial charge in [0, 0.05) is 24.4 Å². The van der Waals surface area contributed by atoms with E-state index in [0.717, 1.165) is 5.56 Å². The third-order valence-electron chi connectivity index (χ3n) is 4.56. The van der Waals surface area contributed by atoms with Crippen molar-refractivity contribution in [3.63, 3.8) is 0 Å². The van der Waals surface area contributed by atoms with Crippen molar-refractivity contribution in [1.82, 2.24) is 14.5 Å². The van der Waals surface area contributed by atoms with Crippen molar-refractivity contribution in [2.45, 2.75) is 36.8 Å². The zero-order chi connectivity index (χ0) is 18.2. The van der Waals surface area contributed by atoms with E-state index >= 15 is 0 Å². The number of nitrogens with zero attached hydrogens (tertiary/aromatic N) is 2. The molecule has 1 aromatic carbocycles. The molecule has 2 aromatic rings. The molecular weight excluding hydrogens is 342 g/mol. The van der Waals surface area contributed by atoms with Gasteiger partial charge in [-0.25, -0.2) is 13.1 Å². The molecule has 134 valence electrons. The summed E-state index contributed by atoms with van der Waals surface area (Å²) in [5.74, 6) is -0.0981. The molecule has 1 aromatic heterocycles. The maximum absolute atomic E-state index is 12.7. The second-order valence-electron chi connectivity index (χ2n) is 6.51. The van der Waals surface area contributed by atoms with Gasteiger partial charge >= 0.3 is 0 Å². The average molecular weight is 363 g/mol. The van der Waals surface area contributed by atoms with Gasteiger partial charge in [-0.15, -0.1) is 0 Å². The molecule has 1 heterocycles. The average Bonchev–Trinajstić information content (AvgIpc) is 2.96. The van der Waals surface area contributed by atoms with Crippen LogP contribution in [0, 0.1) is 5.92 Å². The predicted molar refractivity (Wildman–Crippen MR) is 91.4 cm³/mol. The van der Waals surface area contributed by atoms with Gasteiger partial charge in [-0.1, -0.05) is 12.1 Å². The van der Waals surface area contributed by atoms with Gasteiger partial charge in [0.2, 0.25) is 10.0 Å². The Morgan fingerprint density at radius 2 is 1.96 bits per heavy atom. The molecular formula is C17H21N3O4S. The minimum Gasteiger partial charge on any atom is -0.393 e. The second kappa shape index (κ2) is 6.70. The lowest BCUT2D eigenvalue weighted by atomic mass is 9.76. The molecule has 0 radical (unpaired) electrons. The van der Waals surface area contributed by atoms with Crippen LogP contribution < -0.4 is 4.72 Å². The monoisotopic (exact) mass is 363 g/mol. The first kappa shape index (κ1) is 17.8. The van der Waals surface area contributed by atoms with Crippen molar-refractivity contribution in [3.05, 3.63) is 47.8 Å². The quantitative estimate of drug-likeness (QED) is 0.756. The van der Waals surface area contributed by atoms with Gasteiger partial charge in [0.25, 0.3) is 0 Å². The Labute approximate surface area is 146 Å². The number of rotatable bonds is 6. The Bertz CT molecular complexity index is 868. The number of benzene rings is 1. The summed E-state index contributed by atoms with van der Waals surface area (Å²) in [4.78, 5) is 11.4. The highest BCUT2D eigenvalue weighted by molar-refractivity contribution is 7.89. The van der Waals surface area contributed by atoms with E-state index in [2.05, 4.69) is 9.82 Å². The number of hydrogen-bond acceptors (Lipinski definition) is 5. The van der Waals surface area contributed by atoms with E-state index in [9.17, 15) is 18.3 Å². The lowest BCUT2D eigenvalue weighted by Crippen LogP contribution is -2.41. The third-order valence-corrected chi connectivity index (χ3v) is 6.02. The minimum atomic E-state index is -3.76. The maximum Gasteiger partial charge on any atom is 0.241 e. The number of aryl methyl sites for hydroxylation is 1. The SMILES string of the molecule is CC(=O)c1ccc(S(=O)(=O)NC(c2cnn(C)c2)C2CC(O)C2)cc1. The summed E-state index contributed by atoms with van der Waals surface area (Å²) < 4.78 is 29.8. The van der Waals surface area contributed by atoms with Crippen molar-refractivity contribution in [2.75, 3.05) is 0 Å². The first-order valence-electron chi connectivity index (χ1n) is 8.06. The zero-order valence-corrected chi connectivity index (χ0v) is 14.9. The number of nitrogens with one attached hydrogen (secondary N) is 1. The first-order chi connectivity index (χ1) is 11.8. The third kappa shape index (κ3) is 3.81. The van der Waals surface area contributed by atoms with E-state index < -0.39 is 16.1 Å². The second-order valence-corrected chi connectivity index (χ2v) is 8.23. The van der Waals surface area contributed by atoms with Crippen molar-refractivity contribution in [2.24, 2.45) is 13.0 Å². The number of sulfonamides is 1. The van der Waals surface area contributed by atoms with Crippen LogP contribution in [-0.2, 0) is 17.1 Å². The molecule has 25 heavy (non-hydrogen) atoms. The Kier molecular flexibility index (Phi) is 4.77. The van der Waals surface area contributed by atoms with Crippen molar-refractivity contribution < 1.29 is 18.3 Å². The Hall–Kier alpha value is -2.03. The molecule has 1 fully saturated rings. The van der Waals surface area contributed by atoms with Gasteiger partial charge in [0.1, 0.15) is 0 Å². The highest BCUT2D eigenvalue weighted by Gasteiger charge is 2.37. The lowest BCUT2D eigenvalue weighted by Gasteiger charge is -2.37. The number of carbonyl (C=O) groups excluding carboxylic acids is 1. The van der Waals surface area contributed by atoms with Crippen LogP contribution in [0.3, 0.4) is 0 Å². The van der Waals surface area contributed by atoms with E-state index in [0.29, 0.717) is 18.4 Å². The normalized spacial score (nSPS) is 21.6. The molecule has 0 spiro atoms. The number of aliphatic hydroxyl groups is 1. The number of Topliss-reactive ketones (excluding diaryl/α,β-unsaturated/α-hetero) is 1. The molecule has 2 N–H and O–H groups in total. The summed E-state index contributed by atoms with van der Waals surface area (Å²) in [6.07, 6.45) is 4.12. The highest BCUT2D eigenvalue weighted by Crippen LogP contribution is 2.38. The van der Waals surface area contributed by atoms with Crippen molar-refractivity contribution in [1.29, 1.82) is 0 Å². The van der Waals surface area contributed by atoms with Crippen LogP contribution in [-0.4, -0.2) is 35.2 Å². The van der Waals surface area contributed by atoms with Crippen molar-refractivity contribution >= 4 is 15.8 Å². The van der Waals surface area contributed by atoms with Crippen LogP contribution in [0.1, 0.15) is 41.7 Å². The molecule has 1 unspecified atom stereocenters. The summed E-state index contributed by atoms with van der Waals surface area (Å²) in [6.45, 7) is 1.43. The van der Waals surface area contributed by atoms with E-state index in [1.165, 1.54) is 31.2 Å². The van der Waals surface area contributed by atoms with Crippen molar-refractivity contribution in [3.8, 4) is 0 Å². The highest BCUT2D eigenvalue weighted by atomic mass is 32.2. The van der Waals surface area contributed by atoms with Crippen LogP contribution in [0.25, 0.3) is 0 Å². The fraction of sp³-hybridized carbons (Fsp3) is 0.412. The summed E-state index contributed by atoms with van der Waals surface area (Å²) in [5.41, 5.74) is 1.23. The number of ketones is 1. The summed E-state index contributed by atoms with van der Waals surface area (Å²) in [7, 11) is -1.99. The Morgan fingerprint density at radius 1 is 1.32 bits per heavy atom. The standard InChI is InChI=1S/C17H21N3O4S/c1-11(21)12-3-5-16(6-4-12)25(23,24)19-17(13-7-15(22)8-13)14-9-18-20(2)10-14/h3-6,9-10,13,15,17,19,22H,7-8H2,1-2H3.